The monoisotopic (exact) mass is 318 g/mol. The van der Waals surface area contributed by atoms with Crippen LogP contribution in [0.25, 0.3) is 22.5 Å². The summed E-state index contributed by atoms with van der Waals surface area (Å²) in [5, 5.41) is 8.62. The van der Waals surface area contributed by atoms with E-state index in [4.69, 9.17) is 0 Å². The SMILES string of the molecule is CC(=O)N1Cc2cc(C)ccc2-c2c(nnn2C)-c2ccccc21. The van der Waals surface area contributed by atoms with Gasteiger partial charge in [-0.15, -0.1) is 5.10 Å². The summed E-state index contributed by atoms with van der Waals surface area (Å²) in [4.78, 5) is 14.1. The molecular weight excluding hydrogens is 300 g/mol. The third kappa shape index (κ3) is 2.12. The molecule has 120 valence electrons. The molecule has 2 heterocycles. The molecule has 1 aliphatic heterocycles. The van der Waals surface area contributed by atoms with Gasteiger partial charge in [-0.25, -0.2) is 4.68 Å². The number of aryl methyl sites for hydroxylation is 2. The predicted molar refractivity (Wildman–Crippen MR) is 93.5 cm³/mol. The summed E-state index contributed by atoms with van der Waals surface area (Å²) in [6.07, 6.45) is 0. The van der Waals surface area contributed by atoms with E-state index in [1.807, 2.05) is 40.9 Å². The molecule has 0 bridgehead atoms. The van der Waals surface area contributed by atoms with Crippen LogP contribution in [0.3, 0.4) is 0 Å². The number of fused-ring (bicyclic) bond motifs is 5. The molecule has 0 atom stereocenters. The van der Waals surface area contributed by atoms with Gasteiger partial charge in [-0.3, -0.25) is 4.79 Å². The maximum absolute atomic E-state index is 12.3. The summed E-state index contributed by atoms with van der Waals surface area (Å²) in [5.41, 5.74) is 6.95. The Kier molecular flexibility index (Phi) is 3.23. The molecule has 0 saturated carbocycles. The van der Waals surface area contributed by atoms with E-state index in [9.17, 15) is 4.79 Å². The number of carbonyl (C=O) groups is 1. The van der Waals surface area contributed by atoms with Crippen molar-refractivity contribution < 1.29 is 4.79 Å². The topological polar surface area (TPSA) is 51.0 Å². The molecule has 3 aromatic rings. The van der Waals surface area contributed by atoms with E-state index < -0.39 is 0 Å². The maximum Gasteiger partial charge on any atom is 0.224 e. The van der Waals surface area contributed by atoms with Gasteiger partial charge in [0, 0.05) is 25.1 Å². The van der Waals surface area contributed by atoms with Gasteiger partial charge >= 0.3 is 0 Å². The normalized spacial score (nSPS) is 12.7. The fourth-order valence-electron chi connectivity index (χ4n) is 3.37. The third-order valence-corrected chi connectivity index (χ3v) is 4.50. The van der Waals surface area contributed by atoms with Gasteiger partial charge in [0.2, 0.25) is 5.91 Å². The number of benzene rings is 2. The van der Waals surface area contributed by atoms with E-state index in [2.05, 4.69) is 35.4 Å². The lowest BCUT2D eigenvalue weighted by Crippen LogP contribution is -2.29. The molecule has 2 aromatic carbocycles. The first-order valence-corrected chi connectivity index (χ1v) is 7.93. The second kappa shape index (κ2) is 5.30. The Morgan fingerprint density at radius 2 is 1.92 bits per heavy atom. The number of hydrogen-bond donors (Lipinski definition) is 0. The Balaban J connectivity index is 2.10. The molecule has 0 fully saturated rings. The average Bonchev–Trinajstić information content (AvgIpc) is 2.92. The Labute approximate surface area is 140 Å². The van der Waals surface area contributed by atoms with Crippen molar-refractivity contribution in [3.63, 3.8) is 0 Å². The minimum atomic E-state index is 0.0160. The third-order valence-electron chi connectivity index (χ3n) is 4.50. The lowest BCUT2D eigenvalue weighted by Gasteiger charge is -2.27. The quantitative estimate of drug-likeness (QED) is 0.639. The second-order valence-electron chi connectivity index (χ2n) is 6.19. The highest BCUT2D eigenvalue weighted by molar-refractivity contribution is 5.99. The number of rotatable bonds is 0. The van der Waals surface area contributed by atoms with E-state index in [1.54, 1.807) is 6.92 Å². The largest absolute Gasteiger partial charge is 0.308 e. The van der Waals surface area contributed by atoms with Crippen LogP contribution in [0, 0.1) is 6.92 Å². The summed E-state index contributed by atoms with van der Waals surface area (Å²) in [6, 6.07) is 14.2. The first-order chi connectivity index (χ1) is 11.6. The lowest BCUT2D eigenvalue weighted by molar-refractivity contribution is -0.116. The summed E-state index contributed by atoms with van der Waals surface area (Å²) in [7, 11) is 1.91. The van der Waals surface area contributed by atoms with Crippen LogP contribution < -0.4 is 4.90 Å². The zero-order valence-corrected chi connectivity index (χ0v) is 13.9. The Morgan fingerprint density at radius 3 is 2.71 bits per heavy atom. The molecule has 5 nitrogen and oxygen atoms in total. The predicted octanol–water partition coefficient (Wildman–Crippen LogP) is 3.32. The molecule has 1 aromatic heterocycles. The van der Waals surface area contributed by atoms with Crippen molar-refractivity contribution in [2.45, 2.75) is 20.4 Å². The molecule has 0 radical (unpaired) electrons. The first-order valence-electron chi connectivity index (χ1n) is 7.93. The van der Waals surface area contributed by atoms with Crippen LogP contribution in [0.5, 0.6) is 0 Å². The van der Waals surface area contributed by atoms with E-state index in [0.717, 1.165) is 33.8 Å². The number of anilines is 1. The molecule has 24 heavy (non-hydrogen) atoms. The fourth-order valence-corrected chi connectivity index (χ4v) is 3.37. The molecule has 0 aliphatic carbocycles. The molecule has 0 N–H and O–H groups in total. The number of amides is 1. The average molecular weight is 318 g/mol. The van der Waals surface area contributed by atoms with Gasteiger partial charge in [-0.2, -0.15) is 0 Å². The zero-order valence-electron chi connectivity index (χ0n) is 13.9. The summed E-state index contributed by atoms with van der Waals surface area (Å²) in [5.74, 6) is 0.0160. The van der Waals surface area contributed by atoms with Crippen molar-refractivity contribution in [3.05, 3.63) is 53.6 Å². The Hall–Kier alpha value is -2.95. The van der Waals surface area contributed by atoms with Gasteiger partial charge in [0.1, 0.15) is 5.69 Å². The molecule has 0 saturated heterocycles. The summed E-state index contributed by atoms with van der Waals surface area (Å²) >= 11 is 0. The molecule has 0 spiro atoms. The van der Waals surface area contributed by atoms with Gasteiger partial charge in [0.15, 0.2) is 0 Å². The second-order valence-corrected chi connectivity index (χ2v) is 6.19. The molecule has 0 unspecified atom stereocenters. The molecular formula is C19H18N4O. The minimum Gasteiger partial charge on any atom is -0.308 e. The molecule has 1 aliphatic rings. The highest BCUT2D eigenvalue weighted by Crippen LogP contribution is 2.40. The van der Waals surface area contributed by atoms with Crippen molar-refractivity contribution in [2.75, 3.05) is 4.90 Å². The number of hydrogen-bond acceptors (Lipinski definition) is 3. The highest BCUT2D eigenvalue weighted by atomic mass is 16.2. The van der Waals surface area contributed by atoms with Crippen molar-refractivity contribution >= 4 is 11.6 Å². The van der Waals surface area contributed by atoms with Crippen LogP contribution in [0.1, 0.15) is 18.1 Å². The van der Waals surface area contributed by atoms with Crippen LogP contribution >= 0.6 is 0 Å². The van der Waals surface area contributed by atoms with Crippen LogP contribution in [0.4, 0.5) is 5.69 Å². The Bertz CT molecular complexity index is 958. The Morgan fingerprint density at radius 1 is 1.12 bits per heavy atom. The standard InChI is InChI=1S/C19H18N4O/c1-12-8-9-15-14(10-12)11-23(13(2)24)17-7-5-4-6-16(17)18-19(15)22(3)21-20-18/h4-10H,11H2,1-3H3. The molecule has 5 heteroatoms. The van der Waals surface area contributed by atoms with Crippen LogP contribution in [-0.2, 0) is 18.4 Å². The summed E-state index contributed by atoms with van der Waals surface area (Å²) in [6.45, 7) is 4.20. The van der Waals surface area contributed by atoms with Gasteiger partial charge in [-0.1, -0.05) is 47.2 Å². The van der Waals surface area contributed by atoms with Crippen molar-refractivity contribution in [1.82, 2.24) is 15.0 Å². The van der Waals surface area contributed by atoms with Gasteiger partial charge < -0.3 is 4.90 Å². The van der Waals surface area contributed by atoms with Crippen LogP contribution in [0.15, 0.2) is 42.5 Å². The summed E-state index contributed by atoms with van der Waals surface area (Å²) < 4.78 is 1.81. The molecule has 1 amide bonds. The van der Waals surface area contributed by atoms with Crippen molar-refractivity contribution in [3.8, 4) is 22.5 Å². The number of aromatic nitrogens is 3. The highest BCUT2D eigenvalue weighted by Gasteiger charge is 2.27. The van der Waals surface area contributed by atoms with Gasteiger partial charge in [-0.05, 0) is 18.6 Å². The number of nitrogens with zero attached hydrogens (tertiary/aromatic N) is 4. The van der Waals surface area contributed by atoms with Crippen molar-refractivity contribution in [1.29, 1.82) is 0 Å². The lowest BCUT2D eigenvalue weighted by atomic mass is 9.94. The van der Waals surface area contributed by atoms with E-state index in [1.165, 1.54) is 5.56 Å². The number of carbonyl (C=O) groups excluding carboxylic acids is 1. The smallest absolute Gasteiger partial charge is 0.224 e. The van der Waals surface area contributed by atoms with Gasteiger partial charge in [0.25, 0.3) is 0 Å². The first kappa shape index (κ1) is 14.6. The van der Waals surface area contributed by atoms with E-state index >= 15 is 0 Å². The van der Waals surface area contributed by atoms with Gasteiger partial charge in [0.05, 0.1) is 17.9 Å². The fraction of sp³-hybridized carbons (Fsp3) is 0.211. The van der Waals surface area contributed by atoms with E-state index in [-0.39, 0.29) is 5.91 Å². The minimum absolute atomic E-state index is 0.0160. The molecule has 4 rings (SSSR count). The van der Waals surface area contributed by atoms with Crippen LogP contribution in [0.2, 0.25) is 0 Å². The van der Waals surface area contributed by atoms with Crippen molar-refractivity contribution in [2.24, 2.45) is 7.05 Å². The van der Waals surface area contributed by atoms with Crippen LogP contribution in [-0.4, -0.2) is 20.9 Å². The van der Waals surface area contributed by atoms with E-state index in [0.29, 0.717) is 6.54 Å². The number of para-hydroxylation sites is 1. The maximum atomic E-state index is 12.3. The zero-order chi connectivity index (χ0) is 16.8.